The minimum atomic E-state index is -4.32. The van der Waals surface area contributed by atoms with Crippen LogP contribution in [0.25, 0.3) is 0 Å². The van der Waals surface area contributed by atoms with Crippen molar-refractivity contribution in [2.24, 2.45) is 10.9 Å². The fourth-order valence-electron chi connectivity index (χ4n) is 2.08. The molecule has 0 radical (unpaired) electrons. The van der Waals surface area contributed by atoms with Crippen molar-refractivity contribution in [2.75, 3.05) is 20.2 Å². The van der Waals surface area contributed by atoms with Crippen LogP contribution < -0.4 is 15.4 Å². The normalized spacial score (nSPS) is 15.4. The number of benzene rings is 1. The predicted molar refractivity (Wildman–Crippen MR) is 83.5 cm³/mol. The molecule has 0 heterocycles. The molecule has 0 bridgehead atoms. The molecule has 1 aromatic rings. The molecule has 0 unspecified atom stereocenters. The lowest BCUT2D eigenvalue weighted by molar-refractivity contribution is -0.153. The van der Waals surface area contributed by atoms with Crippen molar-refractivity contribution in [3.63, 3.8) is 0 Å². The zero-order valence-corrected chi connectivity index (χ0v) is 13.1. The molecule has 2 N–H and O–H groups in total. The molecule has 0 atom stereocenters. The second kappa shape index (κ2) is 8.08. The Balaban J connectivity index is 1.71. The van der Waals surface area contributed by atoms with Gasteiger partial charge in [-0.1, -0.05) is 25.0 Å². The van der Waals surface area contributed by atoms with Gasteiger partial charge in [0.2, 0.25) is 0 Å². The average Bonchev–Trinajstić information content (AvgIpc) is 3.33. The maximum atomic E-state index is 12.1. The van der Waals surface area contributed by atoms with Gasteiger partial charge in [-0.05, 0) is 30.0 Å². The Morgan fingerprint density at radius 1 is 1.22 bits per heavy atom. The van der Waals surface area contributed by atoms with Gasteiger partial charge in [0, 0.05) is 20.1 Å². The van der Waals surface area contributed by atoms with Crippen molar-refractivity contribution in [1.82, 2.24) is 10.6 Å². The number of nitrogens with zero attached hydrogens (tertiary/aromatic N) is 1. The first-order valence-electron chi connectivity index (χ1n) is 7.69. The molecule has 1 fully saturated rings. The molecule has 2 rings (SSSR count). The van der Waals surface area contributed by atoms with Crippen molar-refractivity contribution < 1.29 is 17.9 Å². The zero-order chi connectivity index (χ0) is 16.7. The van der Waals surface area contributed by atoms with E-state index < -0.39 is 12.8 Å². The van der Waals surface area contributed by atoms with E-state index in [0.717, 1.165) is 30.4 Å². The summed E-state index contributed by atoms with van der Waals surface area (Å²) in [6, 6.07) is 6.53. The van der Waals surface area contributed by atoms with E-state index in [1.807, 2.05) is 0 Å². The lowest BCUT2D eigenvalue weighted by Gasteiger charge is -2.12. The number of guanidine groups is 1. The molecule has 0 aliphatic heterocycles. The monoisotopic (exact) mass is 329 g/mol. The number of alkyl halides is 3. The van der Waals surface area contributed by atoms with Crippen LogP contribution in [0.15, 0.2) is 29.3 Å². The van der Waals surface area contributed by atoms with Gasteiger partial charge in [0.05, 0.1) is 0 Å². The first-order valence-corrected chi connectivity index (χ1v) is 7.69. The predicted octanol–water partition coefficient (Wildman–Crippen LogP) is 3.09. The number of rotatable bonds is 7. The Bertz CT molecular complexity index is 510. The Kier molecular flexibility index (Phi) is 6.12. The molecule has 128 valence electrons. The zero-order valence-electron chi connectivity index (χ0n) is 13.1. The minimum Gasteiger partial charge on any atom is -0.484 e. The van der Waals surface area contributed by atoms with Crippen molar-refractivity contribution in [2.45, 2.75) is 32.0 Å². The lowest BCUT2D eigenvalue weighted by atomic mass is 10.2. The lowest BCUT2D eigenvalue weighted by Crippen LogP contribution is -2.37. The smallest absolute Gasteiger partial charge is 0.422 e. The van der Waals surface area contributed by atoms with Gasteiger partial charge in [-0.3, -0.25) is 4.99 Å². The van der Waals surface area contributed by atoms with Crippen molar-refractivity contribution in [1.29, 1.82) is 0 Å². The van der Waals surface area contributed by atoms with Crippen LogP contribution in [0.5, 0.6) is 5.75 Å². The van der Waals surface area contributed by atoms with Crippen LogP contribution in [0.1, 0.15) is 24.8 Å². The molecular weight excluding hydrogens is 307 g/mol. The molecule has 4 nitrogen and oxygen atoms in total. The van der Waals surface area contributed by atoms with Gasteiger partial charge in [0.25, 0.3) is 0 Å². The standard InChI is InChI=1S/C16H22F3N3O/c1-20-15(21-9-8-12-2-3-12)22-10-13-4-6-14(7-5-13)23-11-16(17,18)19/h4-7,12H,2-3,8-11H2,1H3,(H2,20,21,22). The molecular formula is C16H22F3N3O. The van der Waals surface area contributed by atoms with E-state index in [4.69, 9.17) is 0 Å². The number of nitrogens with one attached hydrogen (secondary N) is 2. The fourth-order valence-corrected chi connectivity index (χ4v) is 2.08. The summed E-state index contributed by atoms with van der Waals surface area (Å²) in [5.41, 5.74) is 0.939. The van der Waals surface area contributed by atoms with Gasteiger partial charge in [0.15, 0.2) is 12.6 Å². The third-order valence-corrected chi connectivity index (χ3v) is 3.55. The summed E-state index contributed by atoms with van der Waals surface area (Å²) < 4.78 is 40.9. The summed E-state index contributed by atoms with van der Waals surface area (Å²) in [6.07, 6.45) is -0.502. The first-order chi connectivity index (χ1) is 11.0. The Hall–Kier alpha value is -1.92. The van der Waals surface area contributed by atoms with Gasteiger partial charge < -0.3 is 15.4 Å². The van der Waals surface area contributed by atoms with Crippen molar-refractivity contribution in [3.05, 3.63) is 29.8 Å². The SMILES string of the molecule is CN=C(NCCC1CC1)NCc1ccc(OCC(F)(F)F)cc1. The number of hydrogen-bond acceptors (Lipinski definition) is 2. The second-order valence-electron chi connectivity index (χ2n) is 5.63. The van der Waals surface area contributed by atoms with Gasteiger partial charge in [0.1, 0.15) is 5.75 Å². The molecule has 0 saturated heterocycles. The van der Waals surface area contributed by atoms with Gasteiger partial charge in [-0.25, -0.2) is 0 Å². The summed E-state index contributed by atoms with van der Waals surface area (Å²) in [7, 11) is 1.71. The number of aliphatic imine (C=N–C) groups is 1. The molecule has 1 saturated carbocycles. The Morgan fingerprint density at radius 3 is 2.48 bits per heavy atom. The highest BCUT2D eigenvalue weighted by Crippen LogP contribution is 2.31. The highest BCUT2D eigenvalue weighted by Gasteiger charge is 2.28. The third kappa shape index (κ3) is 7.25. The summed E-state index contributed by atoms with van der Waals surface area (Å²) in [4.78, 5) is 4.14. The number of halogens is 3. The van der Waals surface area contributed by atoms with Crippen LogP contribution in [0.4, 0.5) is 13.2 Å². The van der Waals surface area contributed by atoms with E-state index >= 15 is 0 Å². The van der Waals surface area contributed by atoms with E-state index in [0.29, 0.717) is 6.54 Å². The summed E-state index contributed by atoms with van der Waals surface area (Å²) in [5.74, 6) is 1.80. The van der Waals surface area contributed by atoms with Gasteiger partial charge >= 0.3 is 6.18 Å². The van der Waals surface area contributed by atoms with Gasteiger partial charge in [-0.15, -0.1) is 0 Å². The van der Waals surface area contributed by atoms with E-state index in [1.54, 1.807) is 19.2 Å². The van der Waals surface area contributed by atoms with Crippen molar-refractivity contribution >= 4 is 5.96 Å². The third-order valence-electron chi connectivity index (χ3n) is 3.55. The number of hydrogen-bond donors (Lipinski definition) is 2. The molecule has 0 amide bonds. The van der Waals surface area contributed by atoms with Crippen LogP contribution >= 0.6 is 0 Å². The maximum absolute atomic E-state index is 12.1. The molecule has 0 aromatic heterocycles. The first kappa shape index (κ1) is 17.4. The topological polar surface area (TPSA) is 45.7 Å². The quantitative estimate of drug-likeness (QED) is 0.597. The highest BCUT2D eigenvalue weighted by molar-refractivity contribution is 5.79. The van der Waals surface area contributed by atoms with Crippen LogP contribution in [0.3, 0.4) is 0 Å². The number of ether oxygens (including phenoxy) is 1. The van der Waals surface area contributed by atoms with Crippen LogP contribution in [0.2, 0.25) is 0 Å². The van der Waals surface area contributed by atoms with E-state index in [2.05, 4.69) is 20.4 Å². The summed E-state index contributed by atoms with van der Waals surface area (Å²) in [5, 5.41) is 6.42. The van der Waals surface area contributed by atoms with Crippen LogP contribution in [-0.4, -0.2) is 32.3 Å². The summed E-state index contributed by atoms with van der Waals surface area (Å²) in [6.45, 7) is 0.166. The maximum Gasteiger partial charge on any atom is 0.422 e. The molecule has 0 spiro atoms. The largest absolute Gasteiger partial charge is 0.484 e. The molecule has 1 aliphatic carbocycles. The summed E-state index contributed by atoms with van der Waals surface area (Å²) >= 11 is 0. The van der Waals surface area contributed by atoms with E-state index in [9.17, 15) is 13.2 Å². The fraction of sp³-hybridized carbons (Fsp3) is 0.562. The van der Waals surface area contributed by atoms with E-state index in [1.165, 1.54) is 25.0 Å². The average molecular weight is 329 g/mol. The van der Waals surface area contributed by atoms with E-state index in [-0.39, 0.29) is 5.75 Å². The Labute approximate surface area is 134 Å². The minimum absolute atomic E-state index is 0.206. The highest BCUT2D eigenvalue weighted by atomic mass is 19.4. The second-order valence-corrected chi connectivity index (χ2v) is 5.63. The molecule has 1 aliphatic rings. The van der Waals surface area contributed by atoms with Crippen LogP contribution in [-0.2, 0) is 6.54 Å². The van der Waals surface area contributed by atoms with Gasteiger partial charge in [-0.2, -0.15) is 13.2 Å². The molecule has 7 heteroatoms. The van der Waals surface area contributed by atoms with Crippen molar-refractivity contribution in [3.8, 4) is 5.75 Å². The van der Waals surface area contributed by atoms with Crippen LogP contribution in [0, 0.1) is 5.92 Å². The molecule has 23 heavy (non-hydrogen) atoms. The molecule has 1 aromatic carbocycles. The Morgan fingerprint density at radius 2 is 1.91 bits per heavy atom.